The largest absolute Gasteiger partial charge is 0.376 e. The summed E-state index contributed by atoms with van der Waals surface area (Å²) in [5.74, 6) is -1.40. The lowest BCUT2D eigenvalue weighted by atomic mass is 10.1. The number of nitrogens with one attached hydrogen (secondary N) is 2. The number of anilines is 2. The summed E-state index contributed by atoms with van der Waals surface area (Å²) in [4.78, 5) is 38.6. The van der Waals surface area contributed by atoms with Gasteiger partial charge in [-0.15, -0.1) is 0 Å². The minimum absolute atomic E-state index is 0.0304. The van der Waals surface area contributed by atoms with Crippen LogP contribution in [0.2, 0.25) is 5.02 Å². The van der Waals surface area contributed by atoms with E-state index in [1.165, 1.54) is 0 Å². The normalized spacial score (nSPS) is 18.6. The van der Waals surface area contributed by atoms with Gasteiger partial charge in [-0.25, -0.2) is 4.90 Å². The van der Waals surface area contributed by atoms with Crippen LogP contribution in [0, 0.1) is 0 Å². The van der Waals surface area contributed by atoms with Crippen molar-refractivity contribution in [3.05, 3.63) is 69.8 Å². The van der Waals surface area contributed by atoms with Gasteiger partial charge in [0.1, 0.15) is 10.7 Å². The molecule has 0 spiro atoms. The highest BCUT2D eigenvalue weighted by Crippen LogP contribution is 2.30. The smallest absolute Gasteiger partial charge is 0.283 e. The van der Waals surface area contributed by atoms with E-state index in [0.29, 0.717) is 28.5 Å². The Hall–Kier alpha value is -2.87. The van der Waals surface area contributed by atoms with Crippen LogP contribution in [-0.4, -0.2) is 37.0 Å². The van der Waals surface area contributed by atoms with E-state index in [-0.39, 0.29) is 22.7 Å². The highest BCUT2D eigenvalue weighted by molar-refractivity contribution is 6.53. The molecule has 1 fully saturated rings. The summed E-state index contributed by atoms with van der Waals surface area (Å²) >= 11 is 12.0. The minimum Gasteiger partial charge on any atom is -0.376 e. The predicted octanol–water partition coefficient (Wildman–Crippen LogP) is 3.68. The molecule has 160 valence electrons. The maximum Gasteiger partial charge on any atom is 0.283 e. The van der Waals surface area contributed by atoms with Crippen LogP contribution in [0.25, 0.3) is 0 Å². The number of ether oxygens (including phenoxy) is 1. The first-order valence-corrected chi connectivity index (χ1v) is 10.5. The van der Waals surface area contributed by atoms with Crippen molar-refractivity contribution < 1.29 is 19.1 Å². The molecule has 2 N–H and O–H groups in total. The van der Waals surface area contributed by atoms with Crippen LogP contribution in [0.5, 0.6) is 0 Å². The fourth-order valence-corrected chi connectivity index (χ4v) is 3.74. The Morgan fingerprint density at radius 1 is 1.03 bits per heavy atom. The molecule has 0 aromatic heterocycles. The third-order valence-electron chi connectivity index (χ3n) is 5.04. The van der Waals surface area contributed by atoms with Gasteiger partial charge in [-0.1, -0.05) is 23.2 Å². The standard InChI is InChI=1S/C22H19Cl2N3O4/c23-14-5-9-16(10-6-14)27-21(29)18(24)19(22(27)30)26-15-7-3-13(4-8-15)20(28)25-12-17-2-1-11-31-17/h3-10,17,26H,1-2,11-12H2,(H,25,28). The second-order valence-electron chi connectivity index (χ2n) is 7.16. The van der Waals surface area contributed by atoms with Crippen molar-refractivity contribution in [3.8, 4) is 0 Å². The van der Waals surface area contributed by atoms with Crippen molar-refractivity contribution in [2.45, 2.75) is 18.9 Å². The number of carbonyl (C=O) groups excluding carboxylic acids is 3. The van der Waals surface area contributed by atoms with Gasteiger partial charge in [-0.2, -0.15) is 0 Å². The van der Waals surface area contributed by atoms with Crippen LogP contribution in [0.15, 0.2) is 59.3 Å². The summed E-state index contributed by atoms with van der Waals surface area (Å²) in [7, 11) is 0. The predicted molar refractivity (Wildman–Crippen MR) is 118 cm³/mol. The summed E-state index contributed by atoms with van der Waals surface area (Å²) in [6, 6.07) is 12.8. The summed E-state index contributed by atoms with van der Waals surface area (Å²) < 4.78 is 5.50. The molecule has 31 heavy (non-hydrogen) atoms. The second-order valence-corrected chi connectivity index (χ2v) is 7.97. The quantitative estimate of drug-likeness (QED) is 0.643. The molecule has 2 aromatic carbocycles. The fraction of sp³-hybridized carbons (Fsp3) is 0.227. The number of amides is 3. The van der Waals surface area contributed by atoms with Crippen LogP contribution < -0.4 is 15.5 Å². The van der Waals surface area contributed by atoms with E-state index < -0.39 is 11.8 Å². The molecule has 2 aromatic rings. The van der Waals surface area contributed by atoms with Crippen molar-refractivity contribution in [2.24, 2.45) is 0 Å². The third kappa shape index (κ3) is 4.58. The van der Waals surface area contributed by atoms with Gasteiger partial charge >= 0.3 is 0 Å². The van der Waals surface area contributed by atoms with Crippen LogP contribution in [-0.2, 0) is 14.3 Å². The lowest BCUT2D eigenvalue weighted by Gasteiger charge is -2.15. The lowest BCUT2D eigenvalue weighted by Crippen LogP contribution is -2.32. The molecule has 3 amide bonds. The first kappa shape index (κ1) is 21.4. The van der Waals surface area contributed by atoms with Crippen molar-refractivity contribution in [1.29, 1.82) is 0 Å². The number of nitrogens with zero attached hydrogens (tertiary/aromatic N) is 1. The summed E-state index contributed by atoms with van der Waals surface area (Å²) in [6.45, 7) is 1.20. The molecule has 7 nitrogen and oxygen atoms in total. The van der Waals surface area contributed by atoms with E-state index in [1.54, 1.807) is 48.5 Å². The molecule has 2 aliphatic heterocycles. The van der Waals surface area contributed by atoms with Crippen molar-refractivity contribution >= 4 is 52.3 Å². The Bertz CT molecular complexity index is 1050. The zero-order valence-corrected chi connectivity index (χ0v) is 17.9. The molecule has 1 unspecified atom stereocenters. The number of carbonyl (C=O) groups is 3. The Balaban J connectivity index is 1.42. The number of imide groups is 1. The molecule has 9 heteroatoms. The Morgan fingerprint density at radius 3 is 2.39 bits per heavy atom. The van der Waals surface area contributed by atoms with E-state index in [2.05, 4.69) is 10.6 Å². The molecule has 1 atom stereocenters. The van der Waals surface area contributed by atoms with Crippen LogP contribution in [0.4, 0.5) is 11.4 Å². The van der Waals surface area contributed by atoms with Gasteiger partial charge in [-0.3, -0.25) is 14.4 Å². The molecule has 0 radical (unpaired) electrons. The Morgan fingerprint density at radius 2 is 1.74 bits per heavy atom. The van der Waals surface area contributed by atoms with E-state index in [0.717, 1.165) is 24.3 Å². The van der Waals surface area contributed by atoms with E-state index in [4.69, 9.17) is 27.9 Å². The van der Waals surface area contributed by atoms with Gasteiger partial charge in [0.05, 0.1) is 11.8 Å². The molecule has 4 rings (SSSR count). The van der Waals surface area contributed by atoms with Crippen molar-refractivity contribution in [2.75, 3.05) is 23.4 Å². The van der Waals surface area contributed by atoms with Crippen LogP contribution >= 0.6 is 23.2 Å². The van der Waals surface area contributed by atoms with Crippen LogP contribution in [0.3, 0.4) is 0 Å². The summed E-state index contributed by atoms with van der Waals surface area (Å²) in [5.41, 5.74) is 1.33. The zero-order valence-electron chi connectivity index (χ0n) is 16.4. The number of rotatable bonds is 6. The highest BCUT2D eigenvalue weighted by Gasteiger charge is 2.38. The molecule has 0 aliphatic carbocycles. The molecule has 2 heterocycles. The number of benzene rings is 2. The number of halogens is 2. The average Bonchev–Trinajstić information content (AvgIpc) is 3.37. The Kier molecular flexibility index (Phi) is 6.27. The van der Waals surface area contributed by atoms with Crippen molar-refractivity contribution in [1.82, 2.24) is 5.32 Å². The molecule has 1 saturated heterocycles. The molecular weight excluding hydrogens is 441 g/mol. The SMILES string of the molecule is O=C(NCC1CCCO1)c1ccc(NC2=C(Cl)C(=O)N(c3ccc(Cl)cc3)C2=O)cc1. The first-order chi connectivity index (χ1) is 14.9. The maximum absolute atomic E-state index is 12.8. The lowest BCUT2D eigenvalue weighted by molar-refractivity contribution is -0.120. The maximum atomic E-state index is 12.8. The monoisotopic (exact) mass is 459 g/mol. The van der Waals surface area contributed by atoms with E-state index >= 15 is 0 Å². The number of hydrogen-bond donors (Lipinski definition) is 2. The van der Waals surface area contributed by atoms with E-state index in [9.17, 15) is 14.4 Å². The van der Waals surface area contributed by atoms with Crippen LogP contribution in [0.1, 0.15) is 23.2 Å². The van der Waals surface area contributed by atoms with Gasteiger partial charge in [0, 0.05) is 29.4 Å². The molecule has 2 aliphatic rings. The van der Waals surface area contributed by atoms with Gasteiger partial charge in [0.15, 0.2) is 0 Å². The van der Waals surface area contributed by atoms with Gasteiger partial charge in [0.2, 0.25) is 0 Å². The summed E-state index contributed by atoms with van der Waals surface area (Å²) in [6.07, 6.45) is 2.02. The number of hydrogen-bond acceptors (Lipinski definition) is 5. The van der Waals surface area contributed by atoms with Gasteiger partial charge in [-0.05, 0) is 61.4 Å². The summed E-state index contributed by atoms with van der Waals surface area (Å²) in [5, 5.41) is 6.01. The highest BCUT2D eigenvalue weighted by atomic mass is 35.5. The third-order valence-corrected chi connectivity index (χ3v) is 5.65. The molecular formula is C22H19Cl2N3O4. The topological polar surface area (TPSA) is 87.7 Å². The van der Waals surface area contributed by atoms with Gasteiger partial charge < -0.3 is 15.4 Å². The zero-order chi connectivity index (χ0) is 22.0. The average molecular weight is 460 g/mol. The molecule has 0 saturated carbocycles. The first-order valence-electron chi connectivity index (χ1n) is 9.75. The van der Waals surface area contributed by atoms with E-state index in [1.807, 2.05) is 0 Å². The minimum atomic E-state index is -0.624. The van der Waals surface area contributed by atoms with Crippen molar-refractivity contribution in [3.63, 3.8) is 0 Å². The Labute approximate surface area is 189 Å². The molecule has 0 bridgehead atoms. The fourth-order valence-electron chi connectivity index (χ4n) is 3.40. The second kappa shape index (κ2) is 9.09. The van der Waals surface area contributed by atoms with Gasteiger partial charge in [0.25, 0.3) is 17.7 Å².